The van der Waals surface area contributed by atoms with Gasteiger partial charge in [0.25, 0.3) is 5.91 Å². The highest BCUT2D eigenvalue weighted by Gasteiger charge is 2.43. The second-order valence-electron chi connectivity index (χ2n) is 6.98. The van der Waals surface area contributed by atoms with Gasteiger partial charge in [0.15, 0.2) is 9.84 Å². The number of carbonyl (C=O) groups is 1. The van der Waals surface area contributed by atoms with E-state index < -0.39 is 20.5 Å². The second-order valence-corrected chi connectivity index (χ2v) is 10.3. The van der Waals surface area contributed by atoms with Gasteiger partial charge >= 0.3 is 0 Å². The largest absolute Gasteiger partial charge is 0.381 e. The van der Waals surface area contributed by atoms with E-state index in [1.54, 1.807) is 24.3 Å². The summed E-state index contributed by atoms with van der Waals surface area (Å²) in [5.41, 5.74) is 6.49. The Morgan fingerprint density at radius 2 is 1.85 bits per heavy atom. The topological polar surface area (TPSA) is 84.5 Å². The maximum absolute atomic E-state index is 12.8. The Bertz CT molecular complexity index is 786. The van der Waals surface area contributed by atoms with Gasteiger partial charge in [-0.15, -0.1) is 12.6 Å². The van der Waals surface area contributed by atoms with Crippen LogP contribution in [0.15, 0.2) is 29.7 Å². The number of thiol groups is 1. The maximum atomic E-state index is 12.8. The molecular weight excluding hydrogens is 408 g/mol. The van der Waals surface area contributed by atoms with Gasteiger partial charge in [0.1, 0.15) is 4.75 Å². The van der Waals surface area contributed by atoms with Gasteiger partial charge in [-0.1, -0.05) is 23.7 Å². The van der Waals surface area contributed by atoms with Crippen LogP contribution in [0.1, 0.15) is 32.3 Å². The molecule has 0 aromatic heterocycles. The van der Waals surface area contributed by atoms with E-state index in [1.165, 1.54) is 19.3 Å². The maximum Gasteiger partial charge on any atom is 0.259 e. The molecule has 1 fully saturated rings. The molecule has 150 valence electrons. The lowest BCUT2D eigenvalue weighted by Gasteiger charge is -2.28. The van der Waals surface area contributed by atoms with Crippen molar-refractivity contribution in [3.63, 3.8) is 0 Å². The minimum absolute atomic E-state index is 0.0192. The van der Waals surface area contributed by atoms with E-state index in [2.05, 4.69) is 23.5 Å². The molecule has 1 aliphatic rings. The van der Waals surface area contributed by atoms with Crippen LogP contribution in [0.2, 0.25) is 5.02 Å². The van der Waals surface area contributed by atoms with Gasteiger partial charge < -0.3 is 4.74 Å². The van der Waals surface area contributed by atoms with Crippen LogP contribution in [-0.2, 0) is 19.4 Å². The van der Waals surface area contributed by atoms with Gasteiger partial charge in [0, 0.05) is 18.2 Å². The first-order valence-electron chi connectivity index (χ1n) is 8.64. The molecule has 1 amide bonds. The van der Waals surface area contributed by atoms with Crippen LogP contribution >= 0.6 is 24.2 Å². The van der Waals surface area contributed by atoms with E-state index in [9.17, 15) is 13.2 Å². The molecule has 1 saturated heterocycles. The van der Waals surface area contributed by atoms with Crippen molar-refractivity contribution in [1.82, 2.24) is 10.9 Å². The van der Waals surface area contributed by atoms with E-state index in [0.29, 0.717) is 36.8 Å². The summed E-state index contributed by atoms with van der Waals surface area (Å²) in [6.07, 6.45) is 1.39. The van der Waals surface area contributed by atoms with E-state index in [0.717, 1.165) is 5.56 Å². The molecule has 0 aliphatic carbocycles. The van der Waals surface area contributed by atoms with E-state index >= 15 is 0 Å². The highest BCUT2D eigenvalue weighted by atomic mass is 35.5. The van der Waals surface area contributed by atoms with E-state index in [1.807, 2.05) is 0 Å². The van der Waals surface area contributed by atoms with Crippen LogP contribution in [0.3, 0.4) is 0 Å². The zero-order chi connectivity index (χ0) is 20.1. The molecule has 6 nitrogen and oxygen atoms in total. The number of nitrogens with one attached hydrogen (secondary N) is 2. The lowest BCUT2D eigenvalue weighted by molar-refractivity contribution is -0.123. The van der Waals surface area contributed by atoms with Crippen molar-refractivity contribution in [3.05, 3.63) is 40.3 Å². The van der Waals surface area contributed by atoms with Crippen LogP contribution in [0, 0.1) is 5.92 Å². The fourth-order valence-electron chi connectivity index (χ4n) is 2.66. The number of hydrogen-bond acceptors (Lipinski definition) is 6. The molecule has 27 heavy (non-hydrogen) atoms. The number of rotatable bonds is 7. The quantitative estimate of drug-likeness (QED) is 0.455. The SMILES string of the molecule is CC(C)(C(=O)NN/C(=C\S)c1ccc(Cl)cc1)S(=O)(=O)CC1CCOCC1. The molecule has 0 atom stereocenters. The predicted molar refractivity (Wildman–Crippen MR) is 111 cm³/mol. The van der Waals surface area contributed by atoms with Gasteiger partial charge in [-0.3, -0.25) is 15.6 Å². The summed E-state index contributed by atoms with van der Waals surface area (Å²) in [7, 11) is -3.65. The Hall–Kier alpha value is -1.22. The average Bonchev–Trinajstić information content (AvgIpc) is 2.63. The summed E-state index contributed by atoms with van der Waals surface area (Å²) in [5.74, 6) is -0.634. The highest BCUT2D eigenvalue weighted by molar-refractivity contribution is 7.93. The van der Waals surface area contributed by atoms with Crippen LogP contribution in [-0.4, -0.2) is 38.0 Å². The molecule has 2 rings (SSSR count). The fourth-order valence-corrected chi connectivity index (χ4v) is 4.70. The predicted octanol–water partition coefficient (Wildman–Crippen LogP) is 2.81. The molecule has 0 unspecified atom stereocenters. The van der Waals surface area contributed by atoms with Crippen molar-refractivity contribution in [1.29, 1.82) is 0 Å². The van der Waals surface area contributed by atoms with Crippen molar-refractivity contribution in [2.75, 3.05) is 19.0 Å². The van der Waals surface area contributed by atoms with Gasteiger partial charge in [0.05, 0.1) is 11.4 Å². The number of sulfone groups is 1. The zero-order valence-electron chi connectivity index (χ0n) is 15.4. The van der Waals surface area contributed by atoms with E-state index in [4.69, 9.17) is 16.3 Å². The molecule has 9 heteroatoms. The lowest BCUT2D eigenvalue weighted by atomic mass is 10.0. The van der Waals surface area contributed by atoms with Crippen molar-refractivity contribution in [3.8, 4) is 0 Å². The third-order valence-corrected chi connectivity index (χ3v) is 7.88. The molecule has 0 spiro atoms. The summed E-state index contributed by atoms with van der Waals surface area (Å²) in [5, 5.41) is 2.06. The Balaban J connectivity index is 2.02. The number of hydrogen-bond donors (Lipinski definition) is 3. The first-order chi connectivity index (χ1) is 12.7. The van der Waals surface area contributed by atoms with Gasteiger partial charge in [-0.25, -0.2) is 8.42 Å². The van der Waals surface area contributed by atoms with Crippen molar-refractivity contribution >= 4 is 45.7 Å². The molecule has 0 saturated carbocycles. The number of carbonyl (C=O) groups excluding carboxylic acids is 1. The van der Waals surface area contributed by atoms with Gasteiger partial charge in [0.2, 0.25) is 0 Å². The molecule has 0 bridgehead atoms. The minimum atomic E-state index is -3.65. The van der Waals surface area contributed by atoms with Crippen LogP contribution < -0.4 is 10.9 Å². The highest BCUT2D eigenvalue weighted by Crippen LogP contribution is 2.25. The van der Waals surface area contributed by atoms with Crippen LogP contribution in [0.4, 0.5) is 0 Å². The van der Waals surface area contributed by atoms with Crippen molar-refractivity contribution < 1.29 is 17.9 Å². The van der Waals surface area contributed by atoms with Crippen molar-refractivity contribution in [2.24, 2.45) is 5.92 Å². The van der Waals surface area contributed by atoms with Crippen LogP contribution in [0.5, 0.6) is 0 Å². The number of benzene rings is 1. The molecule has 1 aromatic rings. The zero-order valence-corrected chi connectivity index (χ0v) is 17.8. The van der Waals surface area contributed by atoms with Gasteiger partial charge in [-0.05, 0) is 55.7 Å². The normalized spacial score (nSPS) is 16.8. The number of hydrazine groups is 1. The Morgan fingerprint density at radius 3 is 2.41 bits per heavy atom. The Labute approximate surface area is 171 Å². The summed E-state index contributed by atoms with van der Waals surface area (Å²) in [6, 6.07) is 6.94. The molecule has 0 radical (unpaired) electrons. The van der Waals surface area contributed by atoms with Crippen LogP contribution in [0.25, 0.3) is 5.70 Å². The standard InChI is InChI=1S/C18H25ClN2O4S2/c1-18(2,27(23,24)12-13-7-9-25-10-8-13)17(22)21-20-16(11-26)14-3-5-15(19)6-4-14/h3-6,11,13,20,26H,7-10,12H2,1-2H3,(H,21,22)/b16-11-. The fraction of sp³-hybridized carbons (Fsp3) is 0.500. The molecular formula is C18H25ClN2O4S2. The monoisotopic (exact) mass is 432 g/mol. The molecule has 1 aliphatic heterocycles. The third-order valence-electron chi connectivity index (χ3n) is 4.72. The number of amides is 1. The van der Waals surface area contributed by atoms with Gasteiger partial charge in [-0.2, -0.15) is 0 Å². The smallest absolute Gasteiger partial charge is 0.259 e. The third kappa shape index (κ3) is 5.63. The van der Waals surface area contributed by atoms with E-state index in [-0.39, 0.29) is 11.7 Å². The summed E-state index contributed by atoms with van der Waals surface area (Å²) < 4.78 is 29.3. The number of ether oxygens (including phenoxy) is 1. The lowest BCUT2D eigenvalue weighted by Crippen LogP contribution is -2.53. The second kappa shape index (κ2) is 9.32. The first-order valence-corrected chi connectivity index (χ1v) is 11.2. The molecule has 1 aromatic carbocycles. The average molecular weight is 433 g/mol. The summed E-state index contributed by atoms with van der Waals surface area (Å²) in [6.45, 7) is 3.97. The molecule has 1 heterocycles. The number of halogens is 1. The summed E-state index contributed by atoms with van der Waals surface area (Å²) >= 11 is 10.0. The van der Waals surface area contributed by atoms with Crippen molar-refractivity contribution in [2.45, 2.75) is 31.4 Å². The molecule has 2 N–H and O–H groups in total. The summed E-state index contributed by atoms with van der Waals surface area (Å²) in [4.78, 5) is 12.6. The minimum Gasteiger partial charge on any atom is -0.381 e. The Kier molecular flexibility index (Phi) is 7.62. The Morgan fingerprint density at radius 1 is 1.26 bits per heavy atom. The first kappa shape index (κ1) is 22.1.